The van der Waals surface area contributed by atoms with E-state index >= 15 is 0 Å². The zero-order valence-electron chi connectivity index (χ0n) is 8.80. The monoisotopic (exact) mass is 233 g/mol. The van der Waals surface area contributed by atoms with E-state index in [9.17, 15) is 4.79 Å². The van der Waals surface area contributed by atoms with Crippen LogP contribution in [-0.2, 0) is 6.42 Å². The van der Waals surface area contributed by atoms with Gasteiger partial charge in [-0.15, -0.1) is 11.3 Å². The molecule has 0 radical (unpaired) electrons. The van der Waals surface area contributed by atoms with Crippen molar-refractivity contribution in [2.45, 2.75) is 13.3 Å². The minimum absolute atomic E-state index is 0.328. The molecule has 82 valence electrons. The lowest BCUT2D eigenvalue weighted by Gasteiger charge is -2.08. The Morgan fingerprint density at radius 1 is 1.50 bits per heavy atom. The largest absolute Gasteiger partial charge is 0.478 e. The van der Waals surface area contributed by atoms with Crippen LogP contribution in [0.5, 0.6) is 0 Å². The highest BCUT2D eigenvalue weighted by Crippen LogP contribution is 2.29. The molecule has 0 bridgehead atoms. The molecule has 16 heavy (non-hydrogen) atoms. The van der Waals surface area contributed by atoms with E-state index in [1.165, 1.54) is 11.3 Å². The molecule has 0 atom stereocenters. The number of carboxylic acid groups (broad SMARTS) is 1. The van der Waals surface area contributed by atoms with Crippen LogP contribution in [0.4, 0.5) is 0 Å². The van der Waals surface area contributed by atoms with Gasteiger partial charge in [-0.1, -0.05) is 19.1 Å². The van der Waals surface area contributed by atoms with Crippen molar-refractivity contribution in [2.24, 2.45) is 0 Å². The number of rotatable bonds is 3. The van der Waals surface area contributed by atoms with Gasteiger partial charge < -0.3 is 5.11 Å². The third kappa shape index (κ3) is 1.84. The number of carboxylic acids is 1. The first-order valence-electron chi connectivity index (χ1n) is 4.99. The fourth-order valence-corrected chi connectivity index (χ4v) is 2.40. The Bertz CT molecular complexity index is 506. The summed E-state index contributed by atoms with van der Waals surface area (Å²) in [6.07, 6.45) is 2.49. The fourth-order valence-electron chi connectivity index (χ4n) is 1.67. The standard InChI is InChI=1S/C12H11NO2S/c1-2-8-4-3-5-9(12(14)15)10(8)11-13-6-7-16-11/h3-7H,2H2,1H3,(H,14,15). The summed E-state index contributed by atoms with van der Waals surface area (Å²) in [6, 6.07) is 5.35. The minimum Gasteiger partial charge on any atom is -0.478 e. The first-order valence-corrected chi connectivity index (χ1v) is 5.87. The Morgan fingerprint density at radius 2 is 2.31 bits per heavy atom. The number of hydrogen-bond donors (Lipinski definition) is 1. The van der Waals surface area contributed by atoms with Crippen molar-refractivity contribution in [1.29, 1.82) is 0 Å². The Kier molecular flexibility index (Phi) is 3.01. The summed E-state index contributed by atoms with van der Waals surface area (Å²) >= 11 is 1.46. The van der Waals surface area contributed by atoms with Gasteiger partial charge in [0.15, 0.2) is 0 Å². The number of nitrogens with zero attached hydrogens (tertiary/aromatic N) is 1. The van der Waals surface area contributed by atoms with Crippen LogP contribution in [-0.4, -0.2) is 16.1 Å². The normalized spacial score (nSPS) is 10.3. The maximum absolute atomic E-state index is 11.2. The van der Waals surface area contributed by atoms with Crippen LogP contribution in [0.15, 0.2) is 29.8 Å². The van der Waals surface area contributed by atoms with Crippen molar-refractivity contribution in [3.05, 3.63) is 40.9 Å². The third-order valence-electron chi connectivity index (χ3n) is 2.41. The summed E-state index contributed by atoms with van der Waals surface area (Å²) < 4.78 is 0. The summed E-state index contributed by atoms with van der Waals surface area (Å²) in [5, 5.41) is 11.8. The van der Waals surface area contributed by atoms with E-state index in [2.05, 4.69) is 4.98 Å². The molecule has 1 heterocycles. The highest BCUT2D eigenvalue weighted by molar-refractivity contribution is 7.13. The van der Waals surface area contributed by atoms with Gasteiger partial charge in [-0.3, -0.25) is 0 Å². The Morgan fingerprint density at radius 3 is 2.88 bits per heavy atom. The number of aryl methyl sites for hydroxylation is 1. The predicted molar refractivity (Wildman–Crippen MR) is 63.9 cm³/mol. The van der Waals surface area contributed by atoms with Crippen LogP contribution >= 0.6 is 11.3 Å². The molecule has 0 spiro atoms. The number of aromatic nitrogens is 1. The van der Waals surface area contributed by atoms with Crippen LogP contribution in [0.1, 0.15) is 22.8 Å². The van der Waals surface area contributed by atoms with Gasteiger partial charge in [-0.25, -0.2) is 9.78 Å². The van der Waals surface area contributed by atoms with E-state index in [1.807, 2.05) is 18.4 Å². The second-order valence-corrected chi connectivity index (χ2v) is 4.23. The summed E-state index contributed by atoms with van der Waals surface area (Å²) in [5.74, 6) is -0.902. The quantitative estimate of drug-likeness (QED) is 0.886. The van der Waals surface area contributed by atoms with E-state index in [-0.39, 0.29) is 0 Å². The maximum Gasteiger partial charge on any atom is 0.336 e. The number of thiazole rings is 1. The lowest BCUT2D eigenvalue weighted by molar-refractivity contribution is 0.0697. The van der Waals surface area contributed by atoms with Crippen molar-refractivity contribution >= 4 is 17.3 Å². The van der Waals surface area contributed by atoms with Gasteiger partial charge in [0.1, 0.15) is 5.01 Å². The van der Waals surface area contributed by atoms with Crippen molar-refractivity contribution in [1.82, 2.24) is 4.98 Å². The molecule has 1 aromatic heterocycles. The molecule has 0 fully saturated rings. The Balaban J connectivity index is 2.68. The summed E-state index contributed by atoms with van der Waals surface area (Å²) in [5.41, 5.74) is 2.11. The number of aromatic carboxylic acids is 1. The molecule has 0 aliphatic carbocycles. The average Bonchev–Trinajstić information content (AvgIpc) is 2.81. The number of carbonyl (C=O) groups is 1. The van der Waals surface area contributed by atoms with Gasteiger partial charge in [0.25, 0.3) is 0 Å². The van der Waals surface area contributed by atoms with Crippen LogP contribution in [0.3, 0.4) is 0 Å². The molecular weight excluding hydrogens is 222 g/mol. The molecule has 0 amide bonds. The predicted octanol–water partition coefficient (Wildman–Crippen LogP) is 3.07. The van der Waals surface area contributed by atoms with Gasteiger partial charge >= 0.3 is 5.97 Å². The maximum atomic E-state index is 11.2. The van der Waals surface area contributed by atoms with Gasteiger partial charge in [0.2, 0.25) is 0 Å². The van der Waals surface area contributed by atoms with Gasteiger partial charge in [0.05, 0.1) is 5.56 Å². The van der Waals surface area contributed by atoms with E-state index in [1.54, 1.807) is 18.3 Å². The topological polar surface area (TPSA) is 50.2 Å². The van der Waals surface area contributed by atoms with Crippen LogP contribution < -0.4 is 0 Å². The lowest BCUT2D eigenvalue weighted by atomic mass is 10.00. The van der Waals surface area contributed by atoms with E-state index < -0.39 is 5.97 Å². The van der Waals surface area contributed by atoms with Gasteiger partial charge in [-0.05, 0) is 18.1 Å². The molecule has 0 saturated heterocycles. The SMILES string of the molecule is CCc1cccc(C(=O)O)c1-c1nccs1. The van der Waals surface area contributed by atoms with E-state index in [4.69, 9.17) is 5.11 Å². The van der Waals surface area contributed by atoms with Crippen molar-refractivity contribution in [2.75, 3.05) is 0 Å². The fraction of sp³-hybridized carbons (Fsp3) is 0.167. The first kappa shape index (κ1) is 10.8. The molecule has 0 saturated carbocycles. The minimum atomic E-state index is -0.902. The highest BCUT2D eigenvalue weighted by Gasteiger charge is 2.16. The van der Waals surface area contributed by atoms with Crippen molar-refractivity contribution < 1.29 is 9.90 Å². The average molecular weight is 233 g/mol. The molecule has 0 unspecified atom stereocenters. The Hall–Kier alpha value is -1.68. The zero-order chi connectivity index (χ0) is 11.5. The summed E-state index contributed by atoms with van der Waals surface area (Å²) in [4.78, 5) is 15.4. The van der Waals surface area contributed by atoms with E-state index in [0.717, 1.165) is 22.6 Å². The molecule has 0 aliphatic heterocycles. The molecule has 2 aromatic rings. The molecule has 0 aliphatic rings. The molecule has 4 heteroatoms. The first-order chi connectivity index (χ1) is 7.74. The summed E-state index contributed by atoms with van der Waals surface area (Å²) in [6.45, 7) is 2.01. The second kappa shape index (κ2) is 4.45. The van der Waals surface area contributed by atoms with Crippen LogP contribution in [0.25, 0.3) is 10.6 Å². The Labute approximate surface area is 97.4 Å². The van der Waals surface area contributed by atoms with Crippen LogP contribution in [0, 0.1) is 0 Å². The smallest absolute Gasteiger partial charge is 0.336 e. The number of hydrogen-bond acceptors (Lipinski definition) is 3. The highest BCUT2D eigenvalue weighted by atomic mass is 32.1. The molecule has 2 rings (SSSR count). The third-order valence-corrected chi connectivity index (χ3v) is 3.20. The second-order valence-electron chi connectivity index (χ2n) is 3.34. The summed E-state index contributed by atoms with van der Waals surface area (Å²) in [7, 11) is 0. The lowest BCUT2D eigenvalue weighted by Crippen LogP contribution is -2.02. The van der Waals surface area contributed by atoms with Crippen molar-refractivity contribution in [3.63, 3.8) is 0 Å². The van der Waals surface area contributed by atoms with Gasteiger partial charge in [-0.2, -0.15) is 0 Å². The van der Waals surface area contributed by atoms with Gasteiger partial charge in [0, 0.05) is 17.1 Å². The van der Waals surface area contributed by atoms with Crippen LogP contribution in [0.2, 0.25) is 0 Å². The molecule has 3 nitrogen and oxygen atoms in total. The molecule has 1 N–H and O–H groups in total. The molecular formula is C12H11NO2S. The van der Waals surface area contributed by atoms with Crippen molar-refractivity contribution in [3.8, 4) is 10.6 Å². The number of benzene rings is 1. The molecule has 1 aromatic carbocycles. The van der Waals surface area contributed by atoms with E-state index in [0.29, 0.717) is 5.56 Å². The zero-order valence-corrected chi connectivity index (χ0v) is 9.62.